The average Bonchev–Trinajstić information content (AvgIpc) is 3.59. The first-order chi connectivity index (χ1) is 17.5. The zero-order valence-electron chi connectivity index (χ0n) is 21.7. The van der Waals surface area contributed by atoms with Crippen LogP contribution < -0.4 is 0 Å². The van der Waals surface area contributed by atoms with Crippen molar-refractivity contribution in [1.29, 1.82) is 0 Å². The number of rotatable bonds is 4. The molecule has 3 amide bonds. The van der Waals surface area contributed by atoms with E-state index >= 15 is 0 Å². The molecule has 1 aliphatic carbocycles. The van der Waals surface area contributed by atoms with Gasteiger partial charge in [0.05, 0.1) is 18.4 Å². The summed E-state index contributed by atoms with van der Waals surface area (Å²) in [4.78, 5) is 49.7. The highest BCUT2D eigenvalue weighted by Crippen LogP contribution is 2.43. The fourth-order valence-electron chi connectivity index (χ4n) is 5.33. The van der Waals surface area contributed by atoms with Crippen molar-refractivity contribution in [3.05, 3.63) is 42.1 Å². The topological polar surface area (TPSA) is 101 Å². The van der Waals surface area contributed by atoms with Crippen LogP contribution in [-0.4, -0.2) is 84.2 Å². The van der Waals surface area contributed by atoms with E-state index in [1.165, 1.54) is 10.9 Å². The molecule has 0 radical (unpaired) electrons. The highest BCUT2D eigenvalue weighted by atomic mass is 19.1. The summed E-state index contributed by atoms with van der Waals surface area (Å²) >= 11 is 0. The van der Waals surface area contributed by atoms with Crippen LogP contribution >= 0.6 is 0 Å². The molecular formula is C26H33FN6O4. The SMILES string of the molecule is C[C@@H](c1ccc(-n2cc(F)cn2)nc1)N1CC(=O)N(C2CC2)C2(CCN(C(=O)OC(C)(C)C)CC2)C1=O. The second-order valence-electron chi connectivity index (χ2n) is 11.2. The van der Waals surface area contributed by atoms with E-state index in [2.05, 4.69) is 10.1 Å². The summed E-state index contributed by atoms with van der Waals surface area (Å²) in [6, 6.07) is 3.21. The lowest BCUT2D eigenvalue weighted by Gasteiger charge is -2.53. The predicted octanol–water partition coefficient (Wildman–Crippen LogP) is 3.07. The fraction of sp³-hybridized carbons (Fsp3) is 0.577. The summed E-state index contributed by atoms with van der Waals surface area (Å²) < 4.78 is 20.2. The van der Waals surface area contributed by atoms with Crippen LogP contribution in [0, 0.1) is 5.82 Å². The molecule has 4 heterocycles. The lowest BCUT2D eigenvalue weighted by Crippen LogP contribution is -2.71. The van der Waals surface area contributed by atoms with Crippen LogP contribution in [0.3, 0.4) is 0 Å². The molecule has 2 aliphatic heterocycles. The molecule has 0 unspecified atom stereocenters. The summed E-state index contributed by atoms with van der Waals surface area (Å²) in [5.74, 6) is -0.156. The maximum absolute atomic E-state index is 14.1. The van der Waals surface area contributed by atoms with E-state index in [1.54, 1.807) is 22.1 Å². The van der Waals surface area contributed by atoms with E-state index in [1.807, 2.05) is 38.7 Å². The Morgan fingerprint density at radius 2 is 1.86 bits per heavy atom. The molecule has 198 valence electrons. The smallest absolute Gasteiger partial charge is 0.410 e. The van der Waals surface area contributed by atoms with Gasteiger partial charge in [0.15, 0.2) is 11.6 Å². The first-order valence-corrected chi connectivity index (χ1v) is 12.8. The van der Waals surface area contributed by atoms with Gasteiger partial charge in [-0.05, 0) is 65.0 Å². The Bertz CT molecular complexity index is 1190. The predicted molar refractivity (Wildman–Crippen MR) is 131 cm³/mol. The number of pyridine rings is 1. The van der Waals surface area contributed by atoms with Crippen molar-refractivity contribution in [2.75, 3.05) is 19.6 Å². The molecule has 1 atom stereocenters. The molecule has 5 rings (SSSR count). The van der Waals surface area contributed by atoms with E-state index in [4.69, 9.17) is 4.74 Å². The summed E-state index contributed by atoms with van der Waals surface area (Å²) in [6.45, 7) is 8.03. The Morgan fingerprint density at radius 1 is 1.16 bits per heavy atom. The molecule has 2 aromatic rings. The number of nitrogens with zero attached hydrogens (tertiary/aromatic N) is 6. The van der Waals surface area contributed by atoms with Crippen molar-refractivity contribution in [2.45, 2.75) is 76.6 Å². The van der Waals surface area contributed by atoms with E-state index in [-0.39, 0.29) is 24.4 Å². The number of piperazine rings is 1. The first kappa shape index (κ1) is 25.2. The monoisotopic (exact) mass is 512 g/mol. The van der Waals surface area contributed by atoms with E-state index in [9.17, 15) is 18.8 Å². The van der Waals surface area contributed by atoms with Gasteiger partial charge in [0.2, 0.25) is 11.8 Å². The molecule has 0 N–H and O–H groups in total. The van der Waals surface area contributed by atoms with Gasteiger partial charge < -0.3 is 19.4 Å². The zero-order chi connectivity index (χ0) is 26.5. The first-order valence-electron chi connectivity index (χ1n) is 12.8. The summed E-state index contributed by atoms with van der Waals surface area (Å²) in [5, 5.41) is 3.93. The maximum atomic E-state index is 14.1. The van der Waals surface area contributed by atoms with Crippen LogP contribution in [-0.2, 0) is 14.3 Å². The Labute approximate surface area is 215 Å². The minimum Gasteiger partial charge on any atom is -0.444 e. The van der Waals surface area contributed by atoms with Gasteiger partial charge in [-0.2, -0.15) is 5.10 Å². The molecule has 1 spiro atoms. The summed E-state index contributed by atoms with van der Waals surface area (Å²) in [5.41, 5.74) is -0.813. The number of halogens is 1. The molecule has 10 nitrogen and oxygen atoms in total. The second-order valence-corrected chi connectivity index (χ2v) is 11.2. The van der Waals surface area contributed by atoms with Crippen LogP contribution in [0.4, 0.5) is 9.18 Å². The van der Waals surface area contributed by atoms with Gasteiger partial charge in [-0.15, -0.1) is 0 Å². The lowest BCUT2D eigenvalue weighted by molar-refractivity contribution is -0.172. The fourth-order valence-corrected chi connectivity index (χ4v) is 5.33. The van der Waals surface area contributed by atoms with Crippen LogP contribution in [0.25, 0.3) is 5.82 Å². The number of likely N-dealkylation sites (tertiary alicyclic amines) is 1. The third-order valence-corrected chi connectivity index (χ3v) is 7.36. The summed E-state index contributed by atoms with van der Waals surface area (Å²) in [6.07, 6.45) is 6.10. The van der Waals surface area contributed by atoms with Crippen LogP contribution in [0.5, 0.6) is 0 Å². The normalized spacial score (nSPS) is 20.9. The number of piperidine rings is 1. The molecule has 0 aromatic carbocycles. The minimum absolute atomic E-state index is 0.000148. The van der Waals surface area contributed by atoms with Crippen molar-refractivity contribution in [2.24, 2.45) is 0 Å². The van der Waals surface area contributed by atoms with Crippen LogP contribution in [0.1, 0.15) is 65.0 Å². The summed E-state index contributed by atoms with van der Waals surface area (Å²) in [7, 11) is 0. The molecule has 11 heteroatoms. The number of amides is 3. The van der Waals surface area contributed by atoms with E-state index in [0.29, 0.717) is 31.7 Å². The molecule has 37 heavy (non-hydrogen) atoms. The van der Waals surface area contributed by atoms with Crippen LogP contribution in [0.2, 0.25) is 0 Å². The van der Waals surface area contributed by atoms with Crippen molar-refractivity contribution in [3.8, 4) is 5.82 Å². The third-order valence-electron chi connectivity index (χ3n) is 7.36. The largest absolute Gasteiger partial charge is 0.444 e. The maximum Gasteiger partial charge on any atom is 0.410 e. The molecule has 0 bridgehead atoms. The van der Waals surface area contributed by atoms with Gasteiger partial charge in [-0.25, -0.2) is 18.9 Å². The van der Waals surface area contributed by atoms with Crippen molar-refractivity contribution in [1.82, 2.24) is 29.5 Å². The number of hydrogen-bond donors (Lipinski definition) is 0. The van der Waals surface area contributed by atoms with Crippen molar-refractivity contribution < 1.29 is 23.5 Å². The van der Waals surface area contributed by atoms with Gasteiger partial charge in [-0.1, -0.05) is 6.07 Å². The zero-order valence-corrected chi connectivity index (χ0v) is 21.7. The number of carbonyl (C=O) groups excluding carboxylic acids is 3. The number of aromatic nitrogens is 3. The molecule has 2 aromatic heterocycles. The number of carbonyl (C=O) groups is 3. The van der Waals surface area contributed by atoms with Gasteiger partial charge in [0, 0.05) is 25.3 Å². The Hall–Kier alpha value is -3.50. The molecule has 1 saturated carbocycles. The Morgan fingerprint density at radius 3 is 2.41 bits per heavy atom. The highest BCUT2D eigenvalue weighted by molar-refractivity contribution is 5.99. The van der Waals surface area contributed by atoms with Gasteiger partial charge >= 0.3 is 6.09 Å². The van der Waals surface area contributed by atoms with Gasteiger partial charge in [0.25, 0.3) is 0 Å². The van der Waals surface area contributed by atoms with Crippen molar-refractivity contribution in [3.63, 3.8) is 0 Å². The molecular weight excluding hydrogens is 479 g/mol. The average molecular weight is 513 g/mol. The van der Waals surface area contributed by atoms with Crippen molar-refractivity contribution >= 4 is 17.9 Å². The lowest BCUT2D eigenvalue weighted by atomic mass is 9.81. The van der Waals surface area contributed by atoms with E-state index < -0.39 is 29.1 Å². The van der Waals surface area contributed by atoms with E-state index in [0.717, 1.165) is 24.6 Å². The molecule has 2 saturated heterocycles. The highest BCUT2D eigenvalue weighted by Gasteiger charge is 2.58. The third kappa shape index (κ3) is 4.78. The quantitative estimate of drug-likeness (QED) is 0.624. The Kier molecular flexibility index (Phi) is 6.19. The standard InChI is InChI=1S/C26H33FN6O4/c1-17(18-5-8-21(28-13-18)32-15-19(27)14-29-32)31-16-22(34)33(20-6-7-20)26(23(31)35)9-11-30(12-10-26)24(36)37-25(2,3)4/h5,8,13-15,17,20H,6-7,9-12,16H2,1-4H3/t17-/m0/s1. The molecule has 3 fully saturated rings. The van der Waals surface area contributed by atoms with Gasteiger partial charge in [0.1, 0.15) is 17.7 Å². The number of ether oxygens (including phenoxy) is 1. The van der Waals surface area contributed by atoms with Crippen LogP contribution in [0.15, 0.2) is 30.7 Å². The van der Waals surface area contributed by atoms with Gasteiger partial charge in [-0.3, -0.25) is 9.59 Å². The second kappa shape index (κ2) is 9.11. The number of hydrogen-bond acceptors (Lipinski definition) is 6. The Balaban J connectivity index is 1.36. The minimum atomic E-state index is -0.969. The molecule has 3 aliphatic rings.